The van der Waals surface area contributed by atoms with Crippen molar-refractivity contribution in [3.05, 3.63) is 39.5 Å². The van der Waals surface area contributed by atoms with Crippen LogP contribution < -0.4 is 5.76 Å². The number of piperidine rings is 1. The fourth-order valence-corrected chi connectivity index (χ4v) is 5.46. The van der Waals surface area contributed by atoms with Gasteiger partial charge in [-0.2, -0.15) is 16.9 Å². The van der Waals surface area contributed by atoms with Crippen LogP contribution in [0.25, 0.3) is 0 Å². The van der Waals surface area contributed by atoms with Crippen molar-refractivity contribution in [2.75, 3.05) is 31.9 Å². The van der Waals surface area contributed by atoms with Crippen LogP contribution in [0.5, 0.6) is 0 Å². The minimum Gasteiger partial charge on any atom is -0.403 e. The molecule has 2 fully saturated rings. The minimum atomic E-state index is -0.628. The second-order valence-electron chi connectivity index (χ2n) is 7.64. The van der Waals surface area contributed by atoms with Gasteiger partial charge in [0, 0.05) is 43.2 Å². The number of aromatic amines is 2. The molecule has 3 aliphatic heterocycles. The van der Waals surface area contributed by atoms with Gasteiger partial charge in [-0.3, -0.25) is 19.7 Å². The third-order valence-electron chi connectivity index (χ3n) is 6.01. The van der Waals surface area contributed by atoms with Crippen molar-refractivity contribution in [1.82, 2.24) is 25.0 Å². The van der Waals surface area contributed by atoms with Crippen LogP contribution in [0.1, 0.15) is 38.7 Å². The summed E-state index contributed by atoms with van der Waals surface area (Å²) in [4.78, 5) is 42.7. The number of likely N-dealkylation sites (tertiary alicyclic amines) is 2. The summed E-state index contributed by atoms with van der Waals surface area (Å²) in [5, 5.41) is 7.33. The number of rotatable bonds is 2. The maximum absolute atomic E-state index is 13.1. The Kier molecular flexibility index (Phi) is 4.30. The number of oxazole rings is 1. The molecule has 3 aliphatic rings. The first kappa shape index (κ1) is 17.6. The van der Waals surface area contributed by atoms with Crippen LogP contribution in [-0.2, 0) is 12.2 Å². The van der Waals surface area contributed by atoms with E-state index in [9.17, 15) is 14.4 Å². The van der Waals surface area contributed by atoms with E-state index in [1.54, 1.807) is 4.90 Å². The van der Waals surface area contributed by atoms with Crippen molar-refractivity contribution in [2.45, 2.75) is 18.6 Å². The van der Waals surface area contributed by atoms with E-state index in [1.807, 2.05) is 16.7 Å². The molecule has 5 heterocycles. The van der Waals surface area contributed by atoms with Gasteiger partial charge in [0.1, 0.15) is 0 Å². The minimum absolute atomic E-state index is 0.00620. The van der Waals surface area contributed by atoms with Crippen molar-refractivity contribution < 1.29 is 14.0 Å². The summed E-state index contributed by atoms with van der Waals surface area (Å²) in [7, 11) is 0. The van der Waals surface area contributed by atoms with Gasteiger partial charge in [0.2, 0.25) is 5.76 Å². The number of thioether (sulfide) groups is 1. The molecule has 2 saturated heterocycles. The van der Waals surface area contributed by atoms with Gasteiger partial charge in [-0.15, -0.1) is 0 Å². The molecule has 5 rings (SSSR count). The zero-order valence-corrected chi connectivity index (χ0v) is 16.1. The van der Waals surface area contributed by atoms with E-state index in [2.05, 4.69) is 15.2 Å². The number of nitrogens with one attached hydrogen (secondary N) is 2. The average molecular weight is 403 g/mol. The normalized spacial score (nSPS) is 24.1. The summed E-state index contributed by atoms with van der Waals surface area (Å²) in [6, 6.07) is 0. The highest BCUT2D eigenvalue weighted by Gasteiger charge is 2.41. The molecule has 0 unspecified atom stereocenters. The Morgan fingerprint density at radius 2 is 2.00 bits per heavy atom. The van der Waals surface area contributed by atoms with Crippen molar-refractivity contribution in [2.24, 2.45) is 11.8 Å². The van der Waals surface area contributed by atoms with Gasteiger partial charge >= 0.3 is 5.76 Å². The molecule has 0 spiro atoms. The van der Waals surface area contributed by atoms with Crippen LogP contribution >= 0.6 is 11.8 Å². The fraction of sp³-hybridized carbons (Fsp3) is 0.556. The topological polar surface area (TPSA) is 115 Å². The lowest BCUT2D eigenvalue weighted by Crippen LogP contribution is -2.43. The molecule has 2 N–H and O–H groups in total. The van der Waals surface area contributed by atoms with Crippen molar-refractivity contribution in [1.29, 1.82) is 0 Å². The van der Waals surface area contributed by atoms with Gasteiger partial charge < -0.3 is 14.2 Å². The standard InChI is InChI=1S/C18H21N5O4S/c24-16(14-5-19-18(26)27-14)22-3-1-10-6-23(8-11(10)7-22)17(25)15-12-2-4-28-9-13(12)20-21-15/h5,10-11H,1-4,6-9H2,(H,19,26)(H,20,21)/t10-,11+/m0/s1. The number of carbonyl (C=O) groups excluding carboxylic acids is 2. The third kappa shape index (κ3) is 2.95. The molecule has 28 heavy (non-hydrogen) atoms. The second kappa shape index (κ2) is 6.84. The highest BCUT2D eigenvalue weighted by molar-refractivity contribution is 7.98. The van der Waals surface area contributed by atoms with Crippen LogP contribution in [-0.4, -0.2) is 68.7 Å². The Labute approximate surface area is 164 Å². The number of hydrogen-bond acceptors (Lipinski definition) is 6. The van der Waals surface area contributed by atoms with Crippen LogP contribution in [0.2, 0.25) is 0 Å². The largest absolute Gasteiger partial charge is 0.416 e. The average Bonchev–Trinajstić information content (AvgIpc) is 3.43. The molecule has 2 amide bonds. The number of amides is 2. The molecule has 0 aliphatic carbocycles. The Morgan fingerprint density at radius 1 is 1.18 bits per heavy atom. The number of H-pyrrole nitrogens is 2. The van der Waals surface area contributed by atoms with Gasteiger partial charge in [-0.1, -0.05) is 0 Å². The SMILES string of the molecule is O=C(c1c[nH]c(=O)o1)N1CC[C@H]2CN(C(=O)c3n[nH]c4c3CCSC4)C[C@H]2C1. The molecule has 2 aromatic heterocycles. The molecule has 2 aromatic rings. The van der Waals surface area contributed by atoms with Gasteiger partial charge in [0.25, 0.3) is 11.8 Å². The zero-order chi connectivity index (χ0) is 19.3. The first-order valence-corrected chi connectivity index (χ1v) is 10.7. The summed E-state index contributed by atoms with van der Waals surface area (Å²) < 4.78 is 4.89. The van der Waals surface area contributed by atoms with E-state index in [1.165, 1.54) is 6.20 Å². The molecule has 148 valence electrons. The number of nitrogens with zero attached hydrogens (tertiary/aromatic N) is 3. The van der Waals surface area contributed by atoms with E-state index < -0.39 is 5.76 Å². The summed E-state index contributed by atoms with van der Waals surface area (Å²) in [5.41, 5.74) is 2.70. The Hall–Kier alpha value is -2.49. The Balaban J connectivity index is 1.28. The molecular weight excluding hydrogens is 382 g/mol. The highest BCUT2D eigenvalue weighted by Crippen LogP contribution is 2.33. The highest BCUT2D eigenvalue weighted by atomic mass is 32.2. The van der Waals surface area contributed by atoms with E-state index in [4.69, 9.17) is 4.42 Å². The first-order valence-electron chi connectivity index (χ1n) is 9.51. The number of hydrogen-bond donors (Lipinski definition) is 2. The number of aromatic nitrogens is 3. The smallest absolute Gasteiger partial charge is 0.403 e. The van der Waals surface area contributed by atoms with Gasteiger partial charge in [-0.05, 0) is 30.4 Å². The molecule has 2 atom stereocenters. The fourth-order valence-electron chi connectivity index (χ4n) is 4.53. The molecule has 0 radical (unpaired) electrons. The van der Waals surface area contributed by atoms with Gasteiger partial charge in [0.05, 0.1) is 6.20 Å². The van der Waals surface area contributed by atoms with E-state index in [0.717, 1.165) is 35.6 Å². The summed E-state index contributed by atoms with van der Waals surface area (Å²) >= 11 is 1.85. The Morgan fingerprint density at radius 3 is 2.82 bits per heavy atom. The van der Waals surface area contributed by atoms with E-state index in [0.29, 0.717) is 37.8 Å². The van der Waals surface area contributed by atoms with Crippen molar-refractivity contribution in [3.8, 4) is 0 Å². The van der Waals surface area contributed by atoms with Gasteiger partial charge in [-0.25, -0.2) is 4.79 Å². The first-order chi connectivity index (χ1) is 13.6. The molecule has 10 heteroatoms. The zero-order valence-electron chi connectivity index (χ0n) is 15.3. The predicted molar refractivity (Wildman–Crippen MR) is 101 cm³/mol. The second-order valence-corrected chi connectivity index (χ2v) is 8.75. The maximum atomic E-state index is 13.1. The van der Waals surface area contributed by atoms with E-state index in [-0.39, 0.29) is 23.5 Å². The molecule has 0 aromatic carbocycles. The van der Waals surface area contributed by atoms with E-state index >= 15 is 0 Å². The predicted octanol–water partition coefficient (Wildman–Crippen LogP) is 0.715. The quantitative estimate of drug-likeness (QED) is 0.763. The lowest BCUT2D eigenvalue weighted by atomic mass is 9.88. The van der Waals surface area contributed by atoms with Crippen LogP contribution in [0.4, 0.5) is 0 Å². The van der Waals surface area contributed by atoms with Crippen LogP contribution in [0, 0.1) is 11.8 Å². The molecular formula is C18H21N5O4S. The van der Waals surface area contributed by atoms with Crippen LogP contribution in [0.3, 0.4) is 0 Å². The molecule has 0 saturated carbocycles. The lowest BCUT2D eigenvalue weighted by molar-refractivity contribution is 0.0608. The molecule has 0 bridgehead atoms. The molecule has 9 nitrogen and oxygen atoms in total. The summed E-state index contributed by atoms with van der Waals surface area (Å²) in [6.07, 6.45) is 3.02. The van der Waals surface area contributed by atoms with Crippen molar-refractivity contribution in [3.63, 3.8) is 0 Å². The summed E-state index contributed by atoms with van der Waals surface area (Å²) in [5.74, 6) is 1.65. The number of carbonyl (C=O) groups is 2. The lowest BCUT2D eigenvalue weighted by Gasteiger charge is -2.33. The number of fused-ring (bicyclic) bond motifs is 2. The maximum Gasteiger partial charge on any atom is 0.416 e. The van der Waals surface area contributed by atoms with Gasteiger partial charge in [0.15, 0.2) is 5.69 Å². The monoisotopic (exact) mass is 403 g/mol. The Bertz CT molecular complexity index is 979. The summed E-state index contributed by atoms with van der Waals surface area (Å²) in [6.45, 7) is 2.51. The van der Waals surface area contributed by atoms with Crippen molar-refractivity contribution >= 4 is 23.6 Å². The van der Waals surface area contributed by atoms with Crippen LogP contribution in [0.15, 0.2) is 15.4 Å². The third-order valence-corrected chi connectivity index (χ3v) is 6.99.